The van der Waals surface area contributed by atoms with Crippen molar-refractivity contribution in [2.45, 2.75) is 19.9 Å². The minimum absolute atomic E-state index is 0.778. The van der Waals surface area contributed by atoms with Crippen LogP contribution in [0.1, 0.15) is 18.4 Å². The monoisotopic (exact) mass is 265 g/mol. The average molecular weight is 266 g/mol. The molecular weight excluding hydrogens is 254 g/mol. The zero-order chi connectivity index (χ0) is 10.7. The minimum Gasteiger partial charge on any atom is -0.335 e. The van der Waals surface area contributed by atoms with Crippen molar-refractivity contribution >= 4 is 15.9 Å². The van der Waals surface area contributed by atoms with Gasteiger partial charge >= 0.3 is 0 Å². The molecule has 0 atom stereocenters. The third-order valence-electron chi connectivity index (χ3n) is 2.25. The number of rotatable bonds is 3. The first-order valence-corrected chi connectivity index (χ1v) is 5.70. The number of nitrogens with zero attached hydrogens (tertiary/aromatic N) is 3. The maximum atomic E-state index is 4.39. The van der Waals surface area contributed by atoms with Crippen LogP contribution in [-0.2, 0) is 13.0 Å². The number of imidazole rings is 1. The van der Waals surface area contributed by atoms with Crippen LogP contribution < -0.4 is 0 Å². The smallest absolute Gasteiger partial charge is 0.114 e. The Morgan fingerprint density at radius 2 is 2.27 bits per heavy atom. The van der Waals surface area contributed by atoms with Crippen molar-refractivity contribution in [2.24, 2.45) is 0 Å². The fourth-order valence-electron chi connectivity index (χ4n) is 1.51. The Bertz CT molecular complexity index is 451. The van der Waals surface area contributed by atoms with Gasteiger partial charge in [0, 0.05) is 31.1 Å². The molecule has 2 aromatic heterocycles. The molecule has 0 fully saturated rings. The molecule has 0 N–H and O–H groups in total. The van der Waals surface area contributed by atoms with Crippen LogP contribution in [-0.4, -0.2) is 14.5 Å². The third kappa shape index (κ3) is 2.45. The van der Waals surface area contributed by atoms with Gasteiger partial charge in [-0.15, -0.1) is 0 Å². The molecule has 0 spiro atoms. The average Bonchev–Trinajstić information content (AvgIpc) is 2.65. The topological polar surface area (TPSA) is 30.7 Å². The largest absolute Gasteiger partial charge is 0.335 e. The van der Waals surface area contributed by atoms with E-state index in [4.69, 9.17) is 0 Å². The lowest BCUT2D eigenvalue weighted by molar-refractivity contribution is 0.708. The Morgan fingerprint density at radius 3 is 3.00 bits per heavy atom. The molecule has 3 nitrogen and oxygen atoms in total. The number of halogens is 1. The van der Waals surface area contributed by atoms with Crippen LogP contribution in [0, 0.1) is 0 Å². The molecule has 0 amide bonds. The molecule has 2 aromatic rings. The first-order chi connectivity index (χ1) is 7.29. The Balaban J connectivity index is 2.22. The highest BCUT2D eigenvalue weighted by Gasteiger charge is 2.03. The predicted molar refractivity (Wildman–Crippen MR) is 62.6 cm³/mol. The van der Waals surface area contributed by atoms with E-state index in [-0.39, 0.29) is 0 Å². The summed E-state index contributed by atoms with van der Waals surface area (Å²) in [4.78, 5) is 8.71. The van der Waals surface area contributed by atoms with E-state index in [0.717, 1.165) is 29.1 Å². The summed E-state index contributed by atoms with van der Waals surface area (Å²) in [5, 5.41) is 0. The second-order valence-corrected chi connectivity index (χ2v) is 4.07. The van der Waals surface area contributed by atoms with Gasteiger partial charge in [0.1, 0.15) is 10.4 Å². The van der Waals surface area contributed by atoms with Crippen LogP contribution in [0.4, 0.5) is 0 Å². The van der Waals surface area contributed by atoms with Gasteiger partial charge in [0.15, 0.2) is 0 Å². The number of hydrogen-bond acceptors (Lipinski definition) is 2. The second-order valence-electron chi connectivity index (χ2n) is 3.26. The molecule has 0 aromatic carbocycles. The van der Waals surface area contributed by atoms with Gasteiger partial charge in [0.25, 0.3) is 0 Å². The highest BCUT2D eigenvalue weighted by Crippen LogP contribution is 2.10. The van der Waals surface area contributed by atoms with Crippen molar-refractivity contribution in [3.8, 4) is 0 Å². The van der Waals surface area contributed by atoms with E-state index in [0.29, 0.717) is 0 Å². The van der Waals surface area contributed by atoms with E-state index in [2.05, 4.69) is 37.4 Å². The highest BCUT2D eigenvalue weighted by atomic mass is 79.9. The van der Waals surface area contributed by atoms with Gasteiger partial charge in [-0.25, -0.2) is 9.97 Å². The molecule has 0 aliphatic heterocycles. The zero-order valence-corrected chi connectivity index (χ0v) is 10.1. The Morgan fingerprint density at radius 1 is 1.40 bits per heavy atom. The van der Waals surface area contributed by atoms with Crippen molar-refractivity contribution < 1.29 is 0 Å². The lowest BCUT2D eigenvalue weighted by atomic mass is 10.2. The molecule has 4 heteroatoms. The number of pyridine rings is 1. The van der Waals surface area contributed by atoms with Crippen LogP contribution in [0.25, 0.3) is 0 Å². The van der Waals surface area contributed by atoms with Gasteiger partial charge < -0.3 is 4.57 Å². The maximum Gasteiger partial charge on any atom is 0.114 e. The van der Waals surface area contributed by atoms with E-state index in [1.165, 1.54) is 0 Å². The minimum atomic E-state index is 0.778. The lowest BCUT2D eigenvalue weighted by Gasteiger charge is -2.04. The molecule has 0 aliphatic carbocycles. The molecule has 0 saturated carbocycles. The molecule has 15 heavy (non-hydrogen) atoms. The second kappa shape index (κ2) is 4.57. The zero-order valence-electron chi connectivity index (χ0n) is 8.52. The summed E-state index contributed by atoms with van der Waals surface area (Å²) in [6.07, 6.45) is 4.60. The van der Waals surface area contributed by atoms with Crippen LogP contribution in [0.3, 0.4) is 0 Å². The van der Waals surface area contributed by atoms with Crippen molar-refractivity contribution in [1.82, 2.24) is 14.5 Å². The highest BCUT2D eigenvalue weighted by molar-refractivity contribution is 9.10. The molecule has 2 rings (SSSR count). The quantitative estimate of drug-likeness (QED) is 0.799. The van der Waals surface area contributed by atoms with E-state index in [1.54, 1.807) is 0 Å². The van der Waals surface area contributed by atoms with Crippen LogP contribution in [0.5, 0.6) is 0 Å². The van der Waals surface area contributed by atoms with Gasteiger partial charge in [0.2, 0.25) is 0 Å². The normalized spacial score (nSPS) is 10.5. The third-order valence-corrected chi connectivity index (χ3v) is 2.70. The fourth-order valence-corrected chi connectivity index (χ4v) is 1.89. The SMILES string of the molecule is CCn1ccnc1Cc1cccc(Br)n1. The Hall–Kier alpha value is -1.16. The maximum absolute atomic E-state index is 4.39. The number of aromatic nitrogens is 3. The van der Waals surface area contributed by atoms with E-state index in [9.17, 15) is 0 Å². The Labute approximate surface area is 97.3 Å². The van der Waals surface area contributed by atoms with Crippen LogP contribution in [0.2, 0.25) is 0 Å². The number of hydrogen-bond donors (Lipinski definition) is 0. The van der Waals surface area contributed by atoms with Crippen molar-refractivity contribution in [2.75, 3.05) is 0 Å². The summed E-state index contributed by atoms with van der Waals surface area (Å²) in [6, 6.07) is 5.93. The summed E-state index contributed by atoms with van der Waals surface area (Å²) < 4.78 is 3.00. The first-order valence-electron chi connectivity index (χ1n) is 4.91. The van der Waals surface area contributed by atoms with E-state index < -0.39 is 0 Å². The van der Waals surface area contributed by atoms with Gasteiger partial charge in [-0.3, -0.25) is 0 Å². The van der Waals surface area contributed by atoms with Crippen LogP contribution >= 0.6 is 15.9 Å². The lowest BCUT2D eigenvalue weighted by Crippen LogP contribution is -2.02. The fraction of sp³-hybridized carbons (Fsp3) is 0.273. The summed E-state index contributed by atoms with van der Waals surface area (Å²) in [7, 11) is 0. The molecule has 0 aliphatic rings. The van der Waals surface area contributed by atoms with E-state index >= 15 is 0 Å². The molecule has 0 unspecified atom stereocenters. The van der Waals surface area contributed by atoms with E-state index in [1.807, 2.05) is 30.6 Å². The van der Waals surface area contributed by atoms with Crippen molar-refractivity contribution in [1.29, 1.82) is 0 Å². The summed E-state index contributed by atoms with van der Waals surface area (Å²) in [6.45, 7) is 3.06. The Kier molecular flexibility index (Phi) is 3.16. The molecular formula is C11H12BrN3. The standard InChI is InChI=1S/C11H12BrN3/c1-2-15-7-6-13-11(15)8-9-4-3-5-10(12)14-9/h3-7H,2,8H2,1H3. The summed E-state index contributed by atoms with van der Waals surface area (Å²) >= 11 is 3.36. The van der Waals surface area contributed by atoms with Crippen LogP contribution in [0.15, 0.2) is 35.2 Å². The molecule has 0 bridgehead atoms. The van der Waals surface area contributed by atoms with Gasteiger partial charge in [-0.1, -0.05) is 6.07 Å². The predicted octanol–water partition coefficient (Wildman–Crippen LogP) is 2.65. The summed E-state index contributed by atoms with van der Waals surface area (Å²) in [5.74, 6) is 1.06. The molecule has 78 valence electrons. The van der Waals surface area contributed by atoms with Gasteiger partial charge in [-0.2, -0.15) is 0 Å². The van der Waals surface area contributed by atoms with Crippen molar-refractivity contribution in [3.05, 3.63) is 46.7 Å². The first kappa shape index (κ1) is 10.4. The molecule has 2 heterocycles. The van der Waals surface area contributed by atoms with Gasteiger partial charge in [0.05, 0.1) is 0 Å². The molecule has 0 saturated heterocycles. The summed E-state index contributed by atoms with van der Waals surface area (Å²) in [5.41, 5.74) is 1.03. The van der Waals surface area contributed by atoms with Gasteiger partial charge in [-0.05, 0) is 35.0 Å². The molecule has 0 radical (unpaired) electrons. The number of aryl methyl sites for hydroxylation is 1. The van der Waals surface area contributed by atoms with Crippen molar-refractivity contribution in [3.63, 3.8) is 0 Å².